The lowest BCUT2D eigenvalue weighted by Gasteiger charge is -2.41. The molecule has 1 saturated heterocycles. The van der Waals surface area contributed by atoms with E-state index in [1.807, 2.05) is 25.1 Å². The van der Waals surface area contributed by atoms with Crippen LogP contribution in [0.1, 0.15) is 45.1 Å². The molecule has 11 heteroatoms. The Morgan fingerprint density at radius 2 is 1.73 bits per heavy atom. The number of nitrogens with zero attached hydrogens (tertiary/aromatic N) is 3. The highest BCUT2D eigenvalue weighted by Gasteiger charge is 2.39. The molecule has 2 heterocycles. The molecule has 5 nitrogen and oxygen atoms in total. The van der Waals surface area contributed by atoms with E-state index < -0.39 is 41.0 Å². The maximum absolute atomic E-state index is 13.5. The SMILES string of the molecule is CCc1ccc(C[C@@H]2CN(C/C=C\c3cccnc3)CCN2C(=O)c2cc(C(F)(F)F)cc(C(F)(F)F)c2)cc1O. The molecule has 0 spiro atoms. The molecule has 1 fully saturated rings. The summed E-state index contributed by atoms with van der Waals surface area (Å²) in [6.45, 7) is 3.18. The average Bonchev–Trinajstić information content (AvgIpc) is 2.92. The number of hydrogen-bond donors (Lipinski definition) is 1. The Balaban J connectivity index is 1.63. The molecule has 1 amide bonds. The molecule has 2 aromatic carbocycles. The van der Waals surface area contributed by atoms with Gasteiger partial charge in [0.05, 0.1) is 11.1 Å². The quantitative estimate of drug-likeness (QED) is 0.327. The number of carbonyl (C=O) groups is 1. The molecular weight excluding hydrogens is 548 g/mol. The molecule has 4 rings (SSSR count). The summed E-state index contributed by atoms with van der Waals surface area (Å²) >= 11 is 0. The van der Waals surface area contributed by atoms with E-state index in [1.54, 1.807) is 36.7 Å². The van der Waals surface area contributed by atoms with Crippen LogP contribution in [0.25, 0.3) is 6.08 Å². The van der Waals surface area contributed by atoms with Crippen LogP contribution >= 0.6 is 0 Å². The van der Waals surface area contributed by atoms with Crippen LogP contribution in [0.2, 0.25) is 0 Å². The summed E-state index contributed by atoms with van der Waals surface area (Å²) in [5.74, 6) is -0.825. The number of phenols is 1. The number of alkyl halides is 6. The minimum absolute atomic E-state index is 0.0128. The number of hydrogen-bond acceptors (Lipinski definition) is 4. The van der Waals surface area contributed by atoms with Crippen LogP contribution in [0.4, 0.5) is 26.3 Å². The van der Waals surface area contributed by atoms with Gasteiger partial charge in [-0.25, -0.2) is 0 Å². The third-order valence-electron chi connectivity index (χ3n) is 7.02. The van der Waals surface area contributed by atoms with Crippen molar-refractivity contribution in [3.63, 3.8) is 0 Å². The summed E-state index contributed by atoms with van der Waals surface area (Å²) in [7, 11) is 0. The van der Waals surface area contributed by atoms with Crippen LogP contribution in [0.5, 0.6) is 5.75 Å². The number of aryl methyl sites for hydroxylation is 1. The van der Waals surface area contributed by atoms with Crippen molar-refractivity contribution in [3.05, 3.63) is 100 Å². The second-order valence-corrected chi connectivity index (χ2v) is 9.92. The van der Waals surface area contributed by atoms with Gasteiger partial charge in [0.2, 0.25) is 0 Å². The number of aromatic nitrogens is 1. The van der Waals surface area contributed by atoms with Crippen molar-refractivity contribution in [2.24, 2.45) is 0 Å². The van der Waals surface area contributed by atoms with Crippen LogP contribution in [-0.4, -0.2) is 58.0 Å². The number of benzene rings is 2. The molecule has 0 saturated carbocycles. The fraction of sp³-hybridized carbons (Fsp3) is 0.333. The van der Waals surface area contributed by atoms with Crippen LogP contribution in [0.15, 0.2) is 67.0 Å². The third-order valence-corrected chi connectivity index (χ3v) is 7.02. The Morgan fingerprint density at radius 1 is 1.02 bits per heavy atom. The maximum Gasteiger partial charge on any atom is 0.416 e. The fourth-order valence-corrected chi connectivity index (χ4v) is 4.89. The lowest BCUT2D eigenvalue weighted by atomic mass is 9.98. The lowest BCUT2D eigenvalue weighted by Crippen LogP contribution is -2.56. The van der Waals surface area contributed by atoms with Crippen molar-refractivity contribution in [1.29, 1.82) is 0 Å². The van der Waals surface area contributed by atoms with E-state index in [4.69, 9.17) is 0 Å². The first-order valence-corrected chi connectivity index (χ1v) is 13.0. The lowest BCUT2D eigenvalue weighted by molar-refractivity contribution is -0.143. The Hall–Kier alpha value is -3.86. The van der Waals surface area contributed by atoms with Crippen molar-refractivity contribution in [2.45, 2.75) is 38.2 Å². The number of phenolic OH excluding ortho intramolecular Hbond substituents is 1. The predicted molar refractivity (Wildman–Crippen MR) is 142 cm³/mol. The zero-order valence-electron chi connectivity index (χ0n) is 22.2. The number of carbonyl (C=O) groups excluding carboxylic acids is 1. The van der Waals surface area contributed by atoms with Gasteiger partial charge in [-0.3, -0.25) is 14.7 Å². The zero-order chi connectivity index (χ0) is 29.8. The van der Waals surface area contributed by atoms with Gasteiger partial charge in [-0.2, -0.15) is 26.3 Å². The molecule has 218 valence electrons. The highest BCUT2D eigenvalue weighted by molar-refractivity contribution is 5.95. The second-order valence-electron chi connectivity index (χ2n) is 9.92. The molecule has 0 bridgehead atoms. The molecular formula is C30H29F6N3O2. The van der Waals surface area contributed by atoms with E-state index in [9.17, 15) is 36.2 Å². The number of rotatable bonds is 7. The summed E-state index contributed by atoms with van der Waals surface area (Å²) in [6.07, 6.45) is -2.09. The molecule has 1 aliphatic heterocycles. The summed E-state index contributed by atoms with van der Waals surface area (Å²) in [5, 5.41) is 10.3. The van der Waals surface area contributed by atoms with E-state index in [0.717, 1.165) is 11.1 Å². The van der Waals surface area contributed by atoms with E-state index in [-0.39, 0.29) is 24.8 Å². The fourth-order valence-electron chi connectivity index (χ4n) is 4.89. The number of piperazine rings is 1. The van der Waals surface area contributed by atoms with E-state index >= 15 is 0 Å². The van der Waals surface area contributed by atoms with Crippen LogP contribution in [-0.2, 0) is 25.2 Å². The van der Waals surface area contributed by atoms with Gasteiger partial charge in [-0.1, -0.05) is 37.3 Å². The van der Waals surface area contributed by atoms with Crippen LogP contribution < -0.4 is 0 Å². The first-order chi connectivity index (χ1) is 19.3. The van der Waals surface area contributed by atoms with Gasteiger partial charge in [0.15, 0.2) is 0 Å². The minimum atomic E-state index is -5.06. The van der Waals surface area contributed by atoms with Gasteiger partial charge in [0.1, 0.15) is 5.75 Å². The van der Waals surface area contributed by atoms with Crippen molar-refractivity contribution in [3.8, 4) is 5.75 Å². The summed E-state index contributed by atoms with van der Waals surface area (Å²) in [6, 6.07) is 9.22. The van der Waals surface area contributed by atoms with Crippen molar-refractivity contribution in [2.75, 3.05) is 26.2 Å². The molecule has 0 radical (unpaired) electrons. The van der Waals surface area contributed by atoms with Crippen LogP contribution in [0, 0.1) is 0 Å². The first-order valence-electron chi connectivity index (χ1n) is 13.0. The van der Waals surface area contributed by atoms with Gasteiger partial charge < -0.3 is 10.0 Å². The molecule has 0 unspecified atom stereocenters. The van der Waals surface area contributed by atoms with Gasteiger partial charge in [0.25, 0.3) is 5.91 Å². The number of aromatic hydroxyl groups is 1. The van der Waals surface area contributed by atoms with Gasteiger partial charge in [-0.15, -0.1) is 0 Å². The summed E-state index contributed by atoms with van der Waals surface area (Å²) < 4.78 is 80.8. The third kappa shape index (κ3) is 7.66. The predicted octanol–water partition coefficient (Wildman–Crippen LogP) is 6.47. The van der Waals surface area contributed by atoms with Crippen LogP contribution in [0.3, 0.4) is 0 Å². The molecule has 1 aromatic heterocycles. The Kier molecular flexibility index (Phi) is 9.06. The smallest absolute Gasteiger partial charge is 0.416 e. The minimum Gasteiger partial charge on any atom is -0.508 e. The van der Waals surface area contributed by atoms with E-state index in [2.05, 4.69) is 9.88 Å². The van der Waals surface area contributed by atoms with E-state index in [1.165, 1.54) is 4.90 Å². The normalized spacial score (nSPS) is 16.9. The topological polar surface area (TPSA) is 56.7 Å². The Morgan fingerprint density at radius 3 is 2.32 bits per heavy atom. The molecule has 1 aliphatic rings. The maximum atomic E-state index is 13.5. The van der Waals surface area contributed by atoms with Gasteiger partial charge in [-0.05, 0) is 59.9 Å². The van der Waals surface area contributed by atoms with Crippen molar-refractivity contribution in [1.82, 2.24) is 14.8 Å². The Labute approximate surface area is 233 Å². The average molecular weight is 578 g/mol. The number of amides is 1. The molecule has 1 atom stereocenters. The summed E-state index contributed by atoms with van der Waals surface area (Å²) in [5.41, 5.74) is -1.43. The molecule has 41 heavy (non-hydrogen) atoms. The highest BCUT2D eigenvalue weighted by atomic mass is 19.4. The number of halogens is 6. The van der Waals surface area contributed by atoms with Crippen molar-refractivity contribution < 1.29 is 36.2 Å². The number of pyridine rings is 1. The summed E-state index contributed by atoms with van der Waals surface area (Å²) in [4.78, 5) is 21.0. The molecule has 1 N–H and O–H groups in total. The zero-order valence-corrected chi connectivity index (χ0v) is 22.2. The van der Waals surface area contributed by atoms with Gasteiger partial charge in [0, 0.05) is 50.2 Å². The first kappa shape index (κ1) is 30.1. The Bertz CT molecular complexity index is 1360. The highest BCUT2D eigenvalue weighted by Crippen LogP contribution is 2.37. The van der Waals surface area contributed by atoms with Crippen molar-refractivity contribution >= 4 is 12.0 Å². The standard InChI is InChI=1S/C30H29F6N3O2/c1-2-22-8-7-21(14-27(22)40)13-26-19-38(10-4-6-20-5-3-9-37-18-20)11-12-39(26)28(41)23-15-24(29(31,32)33)17-25(16-23)30(34,35)36/h3-9,14-18,26,40H,2,10-13,19H2,1H3/b6-4-/t26-/m1/s1. The molecule has 0 aliphatic carbocycles. The second kappa shape index (κ2) is 12.3. The monoisotopic (exact) mass is 577 g/mol. The van der Waals surface area contributed by atoms with E-state index in [0.29, 0.717) is 43.8 Å². The largest absolute Gasteiger partial charge is 0.508 e. The van der Waals surface area contributed by atoms with Gasteiger partial charge >= 0.3 is 12.4 Å². The molecule has 3 aromatic rings.